The second kappa shape index (κ2) is 6.66. The van der Waals surface area contributed by atoms with Gasteiger partial charge >= 0.3 is 0 Å². The molecule has 2 heteroatoms. The third-order valence-electron chi connectivity index (χ3n) is 2.86. The summed E-state index contributed by atoms with van der Waals surface area (Å²) < 4.78 is 0. The van der Waals surface area contributed by atoms with Crippen molar-refractivity contribution < 1.29 is 5.11 Å². The fourth-order valence-electron chi connectivity index (χ4n) is 1.80. The topological polar surface area (TPSA) is 32.3 Å². The second-order valence-corrected chi connectivity index (χ2v) is 4.31. The summed E-state index contributed by atoms with van der Waals surface area (Å²) >= 11 is 0. The Balaban J connectivity index is 2.63. The number of hydrogen-bond acceptors (Lipinski definition) is 2. The average molecular weight is 221 g/mol. The van der Waals surface area contributed by atoms with Crippen LogP contribution >= 0.6 is 0 Å². The van der Waals surface area contributed by atoms with E-state index in [-0.39, 0.29) is 6.10 Å². The molecule has 16 heavy (non-hydrogen) atoms. The highest BCUT2D eigenvalue weighted by Crippen LogP contribution is 2.17. The van der Waals surface area contributed by atoms with Gasteiger partial charge in [-0.15, -0.1) is 0 Å². The number of hydrogen-bond donors (Lipinski definition) is 2. The lowest BCUT2D eigenvalue weighted by atomic mass is 10.0. The van der Waals surface area contributed by atoms with E-state index in [0.29, 0.717) is 12.6 Å². The number of benzene rings is 1. The molecule has 2 nitrogen and oxygen atoms in total. The first kappa shape index (κ1) is 13.2. The molecule has 1 rings (SSSR count). The molecule has 0 heterocycles. The fraction of sp³-hybridized carbons (Fsp3) is 0.571. The van der Waals surface area contributed by atoms with Crippen LogP contribution in [0.15, 0.2) is 24.3 Å². The van der Waals surface area contributed by atoms with Crippen LogP contribution in [0.4, 0.5) is 0 Å². The molecule has 1 aromatic rings. The Morgan fingerprint density at radius 1 is 1.19 bits per heavy atom. The van der Waals surface area contributed by atoms with Gasteiger partial charge in [-0.3, -0.25) is 0 Å². The molecule has 2 atom stereocenters. The molecule has 0 saturated carbocycles. The molecule has 1 aromatic carbocycles. The normalized spacial score (nSPS) is 14.8. The third-order valence-corrected chi connectivity index (χ3v) is 2.86. The largest absolute Gasteiger partial charge is 0.392 e. The molecule has 0 radical (unpaired) electrons. The molecular formula is C14H23NO. The van der Waals surface area contributed by atoms with Gasteiger partial charge in [0.05, 0.1) is 6.10 Å². The lowest BCUT2D eigenvalue weighted by molar-refractivity contribution is 0.185. The van der Waals surface area contributed by atoms with Gasteiger partial charge in [0.1, 0.15) is 0 Å². The molecule has 0 aliphatic carbocycles. The van der Waals surface area contributed by atoms with Crippen LogP contribution in [-0.2, 0) is 6.42 Å². The molecule has 0 fully saturated rings. The first-order valence-corrected chi connectivity index (χ1v) is 6.17. The van der Waals surface area contributed by atoms with Crippen molar-refractivity contribution in [1.29, 1.82) is 0 Å². The molecular weight excluding hydrogens is 198 g/mol. The Hall–Kier alpha value is -0.860. The van der Waals surface area contributed by atoms with E-state index in [1.54, 1.807) is 6.92 Å². The van der Waals surface area contributed by atoms with E-state index < -0.39 is 0 Å². The molecule has 0 aliphatic heterocycles. The number of aryl methyl sites for hydroxylation is 1. The Kier molecular flexibility index (Phi) is 5.50. The van der Waals surface area contributed by atoms with Gasteiger partial charge in [0, 0.05) is 12.6 Å². The van der Waals surface area contributed by atoms with Crippen molar-refractivity contribution in [2.24, 2.45) is 0 Å². The lowest BCUT2D eigenvalue weighted by Gasteiger charge is -2.18. The zero-order chi connectivity index (χ0) is 12.0. The summed E-state index contributed by atoms with van der Waals surface area (Å²) in [5.41, 5.74) is 2.68. The van der Waals surface area contributed by atoms with Gasteiger partial charge in [-0.2, -0.15) is 0 Å². The number of aliphatic hydroxyl groups excluding tert-OH is 1. The SMILES string of the molecule is CCc1ccc(C(CC)NCC(C)O)cc1. The summed E-state index contributed by atoms with van der Waals surface area (Å²) in [6, 6.07) is 9.08. The summed E-state index contributed by atoms with van der Waals surface area (Å²) in [4.78, 5) is 0. The molecule has 0 aromatic heterocycles. The van der Waals surface area contributed by atoms with Gasteiger partial charge in [0.25, 0.3) is 0 Å². The van der Waals surface area contributed by atoms with Crippen molar-refractivity contribution in [2.45, 2.75) is 45.8 Å². The smallest absolute Gasteiger partial charge is 0.0636 e. The summed E-state index contributed by atoms with van der Waals surface area (Å²) in [5.74, 6) is 0. The van der Waals surface area contributed by atoms with E-state index in [0.717, 1.165) is 12.8 Å². The van der Waals surface area contributed by atoms with Crippen LogP contribution in [0.5, 0.6) is 0 Å². The van der Waals surface area contributed by atoms with Crippen molar-refractivity contribution in [1.82, 2.24) is 5.32 Å². The first-order valence-electron chi connectivity index (χ1n) is 6.17. The number of nitrogens with one attached hydrogen (secondary N) is 1. The van der Waals surface area contributed by atoms with Crippen LogP contribution in [0.2, 0.25) is 0 Å². The van der Waals surface area contributed by atoms with Gasteiger partial charge in [-0.1, -0.05) is 38.1 Å². The Bertz CT molecular complexity index is 292. The van der Waals surface area contributed by atoms with E-state index in [1.165, 1.54) is 11.1 Å². The van der Waals surface area contributed by atoms with Crippen LogP contribution in [-0.4, -0.2) is 17.8 Å². The van der Waals surface area contributed by atoms with Crippen molar-refractivity contribution >= 4 is 0 Å². The highest BCUT2D eigenvalue weighted by Gasteiger charge is 2.09. The van der Waals surface area contributed by atoms with E-state index in [2.05, 4.69) is 43.4 Å². The lowest BCUT2D eigenvalue weighted by Crippen LogP contribution is -2.28. The minimum absolute atomic E-state index is 0.288. The molecule has 2 unspecified atom stereocenters. The quantitative estimate of drug-likeness (QED) is 0.774. The minimum Gasteiger partial charge on any atom is -0.392 e. The van der Waals surface area contributed by atoms with E-state index in [4.69, 9.17) is 0 Å². The summed E-state index contributed by atoms with van der Waals surface area (Å²) in [5, 5.41) is 12.6. The van der Waals surface area contributed by atoms with Gasteiger partial charge in [0.15, 0.2) is 0 Å². The zero-order valence-corrected chi connectivity index (χ0v) is 10.5. The van der Waals surface area contributed by atoms with Gasteiger partial charge in [0.2, 0.25) is 0 Å². The molecule has 0 aliphatic rings. The van der Waals surface area contributed by atoms with Crippen molar-refractivity contribution in [3.8, 4) is 0 Å². The maximum atomic E-state index is 9.26. The van der Waals surface area contributed by atoms with E-state index in [9.17, 15) is 5.11 Å². The van der Waals surface area contributed by atoms with Crippen molar-refractivity contribution in [2.75, 3.05) is 6.54 Å². The van der Waals surface area contributed by atoms with Crippen LogP contribution in [0.25, 0.3) is 0 Å². The third kappa shape index (κ3) is 3.95. The molecule has 0 saturated heterocycles. The minimum atomic E-state index is -0.288. The summed E-state index contributed by atoms with van der Waals surface area (Å²) in [6.45, 7) is 6.78. The van der Waals surface area contributed by atoms with Crippen molar-refractivity contribution in [3.05, 3.63) is 35.4 Å². The molecule has 90 valence electrons. The molecule has 0 bridgehead atoms. The van der Waals surface area contributed by atoms with E-state index in [1.807, 2.05) is 0 Å². The fourth-order valence-corrected chi connectivity index (χ4v) is 1.80. The molecule has 0 spiro atoms. The highest BCUT2D eigenvalue weighted by molar-refractivity contribution is 5.25. The maximum absolute atomic E-state index is 9.26. The summed E-state index contributed by atoms with van der Waals surface area (Å²) in [6.07, 6.45) is 1.83. The predicted molar refractivity (Wildman–Crippen MR) is 68.5 cm³/mol. The van der Waals surface area contributed by atoms with Crippen LogP contribution < -0.4 is 5.32 Å². The first-order chi connectivity index (χ1) is 7.67. The maximum Gasteiger partial charge on any atom is 0.0636 e. The monoisotopic (exact) mass is 221 g/mol. The van der Waals surface area contributed by atoms with Crippen LogP contribution in [0, 0.1) is 0 Å². The Morgan fingerprint density at radius 3 is 2.25 bits per heavy atom. The van der Waals surface area contributed by atoms with E-state index >= 15 is 0 Å². The van der Waals surface area contributed by atoms with Crippen LogP contribution in [0.1, 0.15) is 44.4 Å². The second-order valence-electron chi connectivity index (χ2n) is 4.31. The summed E-state index contributed by atoms with van der Waals surface area (Å²) in [7, 11) is 0. The zero-order valence-electron chi connectivity index (χ0n) is 10.5. The predicted octanol–water partition coefficient (Wildman–Crippen LogP) is 2.67. The average Bonchev–Trinajstić information content (AvgIpc) is 2.30. The number of rotatable bonds is 6. The Morgan fingerprint density at radius 2 is 1.81 bits per heavy atom. The molecule has 0 amide bonds. The standard InChI is InChI=1S/C14H23NO/c1-4-12-6-8-13(9-7-12)14(5-2)15-10-11(3)16/h6-9,11,14-16H,4-5,10H2,1-3H3. The van der Waals surface area contributed by atoms with Crippen molar-refractivity contribution in [3.63, 3.8) is 0 Å². The van der Waals surface area contributed by atoms with Gasteiger partial charge < -0.3 is 10.4 Å². The highest BCUT2D eigenvalue weighted by atomic mass is 16.3. The Labute approximate surface area is 98.7 Å². The van der Waals surface area contributed by atoms with Gasteiger partial charge in [-0.25, -0.2) is 0 Å². The number of aliphatic hydroxyl groups is 1. The molecule has 2 N–H and O–H groups in total. The van der Waals surface area contributed by atoms with Crippen LogP contribution in [0.3, 0.4) is 0 Å². The van der Waals surface area contributed by atoms with Gasteiger partial charge in [-0.05, 0) is 30.9 Å².